The molecule has 1 aromatic rings. The lowest BCUT2D eigenvalue weighted by atomic mass is 9.78. The highest BCUT2D eigenvalue weighted by atomic mass is 16.2. The topological polar surface area (TPSA) is 35.6 Å². The van der Waals surface area contributed by atoms with Gasteiger partial charge in [-0.05, 0) is 50.3 Å². The van der Waals surface area contributed by atoms with Crippen LogP contribution in [0, 0.1) is 11.8 Å². The minimum Gasteiger partial charge on any atom is -0.352 e. The summed E-state index contributed by atoms with van der Waals surface area (Å²) in [7, 11) is 0. The van der Waals surface area contributed by atoms with Crippen LogP contribution in [0.25, 0.3) is 0 Å². The Labute approximate surface area is 145 Å². The molecule has 1 N–H and O–H groups in total. The van der Waals surface area contributed by atoms with Crippen LogP contribution in [-0.4, -0.2) is 61.0 Å². The van der Waals surface area contributed by atoms with E-state index in [1.807, 2.05) is 0 Å². The number of benzene rings is 1. The molecule has 5 rings (SSSR count). The summed E-state index contributed by atoms with van der Waals surface area (Å²) < 4.78 is 0. The van der Waals surface area contributed by atoms with E-state index >= 15 is 0 Å². The van der Waals surface area contributed by atoms with E-state index in [0.29, 0.717) is 17.9 Å². The number of piperidine rings is 3. The van der Waals surface area contributed by atoms with Gasteiger partial charge < -0.3 is 15.1 Å². The number of fused-ring (bicyclic) bond motifs is 3. The van der Waals surface area contributed by atoms with Gasteiger partial charge in [0.25, 0.3) is 0 Å². The summed E-state index contributed by atoms with van der Waals surface area (Å²) in [5, 5.41) is 3.35. The second kappa shape index (κ2) is 7.24. The summed E-state index contributed by atoms with van der Waals surface area (Å²) in [6.45, 7) is 6.60. The van der Waals surface area contributed by atoms with Crippen molar-refractivity contribution in [2.24, 2.45) is 11.8 Å². The van der Waals surface area contributed by atoms with Crippen LogP contribution in [0.4, 0.5) is 0 Å². The van der Waals surface area contributed by atoms with E-state index in [9.17, 15) is 4.79 Å². The molecule has 0 aromatic heterocycles. The van der Waals surface area contributed by atoms with Crippen molar-refractivity contribution in [1.82, 2.24) is 15.1 Å². The van der Waals surface area contributed by atoms with Crippen molar-refractivity contribution in [2.75, 3.05) is 39.3 Å². The smallest absolute Gasteiger partial charge is 0.224 e. The first kappa shape index (κ1) is 16.1. The fourth-order valence-electron chi connectivity index (χ4n) is 4.66. The zero-order valence-electron chi connectivity index (χ0n) is 14.5. The van der Waals surface area contributed by atoms with E-state index in [0.717, 1.165) is 39.0 Å². The Bertz CT molecular complexity index is 553. The largest absolute Gasteiger partial charge is 0.352 e. The van der Waals surface area contributed by atoms with Crippen molar-refractivity contribution >= 4 is 5.91 Å². The molecule has 0 spiro atoms. The Kier molecular flexibility index (Phi) is 4.86. The van der Waals surface area contributed by atoms with E-state index in [1.165, 1.54) is 31.5 Å². The standard InChI is InChI=1S/C20H29N3O/c24-20(19-15-23-11-7-17(19)8-12-23)21-18-9-13-22(14-18)10-6-16-4-2-1-3-5-16/h1-5,17-19H,6-15H2,(H,21,24)/t18-,19?/m0/s1. The van der Waals surface area contributed by atoms with Crippen LogP contribution in [0.15, 0.2) is 30.3 Å². The maximum atomic E-state index is 12.7. The Hall–Kier alpha value is -1.39. The monoisotopic (exact) mass is 327 g/mol. The maximum Gasteiger partial charge on any atom is 0.224 e. The zero-order valence-corrected chi connectivity index (χ0v) is 14.5. The molecule has 2 atom stereocenters. The number of hydrogen-bond donors (Lipinski definition) is 1. The first-order chi connectivity index (χ1) is 11.8. The lowest BCUT2D eigenvalue weighted by molar-refractivity contribution is -0.131. The highest BCUT2D eigenvalue weighted by Gasteiger charge is 2.39. The summed E-state index contributed by atoms with van der Waals surface area (Å²) in [5.41, 5.74) is 1.40. The summed E-state index contributed by atoms with van der Waals surface area (Å²) in [6.07, 6.45) is 4.63. The average Bonchev–Trinajstić information content (AvgIpc) is 3.09. The molecule has 1 amide bonds. The fraction of sp³-hybridized carbons (Fsp3) is 0.650. The molecular formula is C20H29N3O. The number of hydrogen-bond acceptors (Lipinski definition) is 3. The van der Waals surface area contributed by atoms with Gasteiger partial charge in [0.2, 0.25) is 5.91 Å². The normalized spacial score (nSPS) is 32.8. The number of amides is 1. The van der Waals surface area contributed by atoms with Crippen LogP contribution < -0.4 is 5.32 Å². The molecule has 2 bridgehead atoms. The second-order valence-electron chi connectivity index (χ2n) is 7.77. The van der Waals surface area contributed by atoms with Gasteiger partial charge >= 0.3 is 0 Å². The molecule has 4 aliphatic heterocycles. The number of carbonyl (C=O) groups excluding carboxylic acids is 1. The molecule has 4 heteroatoms. The molecule has 0 saturated carbocycles. The van der Waals surface area contributed by atoms with Crippen LogP contribution in [0.3, 0.4) is 0 Å². The molecule has 0 aliphatic carbocycles. The van der Waals surface area contributed by atoms with Crippen molar-refractivity contribution < 1.29 is 4.79 Å². The van der Waals surface area contributed by atoms with E-state index in [4.69, 9.17) is 0 Å². The lowest BCUT2D eigenvalue weighted by Crippen LogP contribution is -2.54. The van der Waals surface area contributed by atoms with E-state index in [1.54, 1.807) is 0 Å². The number of likely N-dealkylation sites (tertiary alicyclic amines) is 1. The summed E-state index contributed by atoms with van der Waals surface area (Å²) in [5.74, 6) is 1.19. The van der Waals surface area contributed by atoms with Gasteiger partial charge in [-0.2, -0.15) is 0 Å². The number of carbonyl (C=O) groups is 1. The third-order valence-electron chi connectivity index (χ3n) is 6.17. The van der Waals surface area contributed by atoms with Gasteiger partial charge in [-0.15, -0.1) is 0 Å². The predicted molar refractivity (Wildman–Crippen MR) is 95.8 cm³/mol. The van der Waals surface area contributed by atoms with E-state index in [2.05, 4.69) is 45.4 Å². The molecule has 4 saturated heterocycles. The van der Waals surface area contributed by atoms with Crippen LogP contribution in [0.2, 0.25) is 0 Å². The zero-order chi connectivity index (χ0) is 16.4. The Balaban J connectivity index is 1.23. The Morgan fingerprint density at radius 3 is 2.54 bits per heavy atom. The fourth-order valence-corrected chi connectivity index (χ4v) is 4.66. The molecule has 1 unspecified atom stereocenters. The quantitative estimate of drug-likeness (QED) is 0.895. The molecule has 1 aromatic carbocycles. The number of nitrogens with one attached hydrogen (secondary N) is 1. The lowest BCUT2D eigenvalue weighted by Gasteiger charge is -2.44. The van der Waals surface area contributed by atoms with Crippen LogP contribution in [0.5, 0.6) is 0 Å². The molecule has 130 valence electrons. The van der Waals surface area contributed by atoms with Gasteiger partial charge in [0.15, 0.2) is 0 Å². The van der Waals surface area contributed by atoms with Crippen LogP contribution >= 0.6 is 0 Å². The molecular weight excluding hydrogens is 298 g/mol. The Morgan fingerprint density at radius 2 is 1.83 bits per heavy atom. The highest BCUT2D eigenvalue weighted by molar-refractivity contribution is 5.79. The van der Waals surface area contributed by atoms with Crippen molar-refractivity contribution in [2.45, 2.75) is 31.7 Å². The third-order valence-corrected chi connectivity index (χ3v) is 6.17. The van der Waals surface area contributed by atoms with Gasteiger partial charge in [0.1, 0.15) is 0 Å². The number of nitrogens with zero attached hydrogens (tertiary/aromatic N) is 2. The van der Waals surface area contributed by atoms with Crippen LogP contribution in [0.1, 0.15) is 24.8 Å². The van der Waals surface area contributed by atoms with Gasteiger partial charge in [-0.25, -0.2) is 0 Å². The molecule has 4 heterocycles. The first-order valence-electron chi connectivity index (χ1n) is 9.57. The van der Waals surface area contributed by atoms with Gasteiger partial charge in [0, 0.05) is 32.2 Å². The summed E-state index contributed by atoms with van der Waals surface area (Å²) in [4.78, 5) is 17.6. The second-order valence-corrected chi connectivity index (χ2v) is 7.77. The SMILES string of the molecule is O=C(N[C@H]1CCN(CCc2ccccc2)C1)C1CN2CCC1CC2. The van der Waals surface area contributed by atoms with E-state index < -0.39 is 0 Å². The number of rotatable bonds is 5. The van der Waals surface area contributed by atoms with E-state index in [-0.39, 0.29) is 5.92 Å². The van der Waals surface area contributed by atoms with Gasteiger partial charge in [-0.1, -0.05) is 30.3 Å². The Morgan fingerprint density at radius 1 is 1.04 bits per heavy atom. The third kappa shape index (κ3) is 3.65. The van der Waals surface area contributed by atoms with Crippen molar-refractivity contribution in [3.63, 3.8) is 0 Å². The van der Waals surface area contributed by atoms with Crippen molar-refractivity contribution in [3.8, 4) is 0 Å². The van der Waals surface area contributed by atoms with Crippen LogP contribution in [-0.2, 0) is 11.2 Å². The minimum absolute atomic E-state index is 0.242. The maximum absolute atomic E-state index is 12.7. The molecule has 4 fully saturated rings. The average molecular weight is 327 g/mol. The molecule has 0 radical (unpaired) electrons. The molecule has 4 nitrogen and oxygen atoms in total. The highest BCUT2D eigenvalue weighted by Crippen LogP contribution is 2.32. The molecule has 24 heavy (non-hydrogen) atoms. The molecule has 4 aliphatic rings. The summed E-state index contributed by atoms with van der Waals surface area (Å²) in [6, 6.07) is 11.0. The van der Waals surface area contributed by atoms with Gasteiger partial charge in [-0.3, -0.25) is 4.79 Å². The van der Waals surface area contributed by atoms with Crippen molar-refractivity contribution in [1.29, 1.82) is 0 Å². The summed E-state index contributed by atoms with van der Waals surface area (Å²) >= 11 is 0. The van der Waals surface area contributed by atoms with Gasteiger partial charge in [0.05, 0.1) is 5.92 Å². The van der Waals surface area contributed by atoms with Crippen molar-refractivity contribution in [3.05, 3.63) is 35.9 Å². The predicted octanol–water partition coefficient (Wildman–Crippen LogP) is 1.76. The first-order valence-corrected chi connectivity index (χ1v) is 9.57. The minimum atomic E-state index is 0.242.